The zero-order chi connectivity index (χ0) is 13.4. The highest BCUT2D eigenvalue weighted by atomic mass is 15.2. The van der Waals surface area contributed by atoms with Crippen molar-refractivity contribution in [3.05, 3.63) is 0 Å². The molecule has 2 unspecified atom stereocenters. The molecule has 1 heterocycles. The minimum atomic E-state index is 0.686. The van der Waals surface area contributed by atoms with Gasteiger partial charge in [0.05, 0.1) is 0 Å². The fourth-order valence-corrected chi connectivity index (χ4v) is 3.03. The Balaban J connectivity index is 2.10. The summed E-state index contributed by atoms with van der Waals surface area (Å²) in [6.45, 7) is 9.44. The van der Waals surface area contributed by atoms with E-state index in [0.29, 0.717) is 6.04 Å². The molecule has 1 aliphatic heterocycles. The van der Waals surface area contributed by atoms with Crippen molar-refractivity contribution in [3.8, 4) is 0 Å². The number of hydrogen-bond donors (Lipinski definition) is 1. The van der Waals surface area contributed by atoms with E-state index in [1.165, 1.54) is 51.7 Å². The van der Waals surface area contributed by atoms with Crippen LogP contribution < -0.4 is 5.32 Å². The first-order valence-electron chi connectivity index (χ1n) is 7.75. The molecule has 0 aliphatic carbocycles. The Labute approximate surface area is 114 Å². The van der Waals surface area contributed by atoms with Crippen molar-refractivity contribution in [2.24, 2.45) is 0 Å². The molecule has 3 nitrogen and oxygen atoms in total. The molecule has 3 heteroatoms. The summed E-state index contributed by atoms with van der Waals surface area (Å²) < 4.78 is 0. The van der Waals surface area contributed by atoms with E-state index in [1.807, 2.05) is 0 Å². The van der Waals surface area contributed by atoms with E-state index >= 15 is 0 Å². The largest absolute Gasteiger partial charge is 0.315 e. The average molecular weight is 255 g/mol. The number of likely N-dealkylation sites (tertiary alicyclic amines) is 1. The molecule has 1 rings (SSSR count). The zero-order valence-electron chi connectivity index (χ0n) is 12.9. The molecule has 2 atom stereocenters. The Bertz CT molecular complexity index is 206. The van der Waals surface area contributed by atoms with Gasteiger partial charge in [0.25, 0.3) is 0 Å². The van der Waals surface area contributed by atoms with Crippen molar-refractivity contribution < 1.29 is 0 Å². The summed E-state index contributed by atoms with van der Waals surface area (Å²) in [6.07, 6.45) is 6.83. The standard InChI is InChI=1S/C15H33N3/c1-5-16-14(2)9-6-7-11-18-12-8-10-15(18)13-17(3)4/h14-16H,5-13H2,1-4H3. The maximum absolute atomic E-state index is 3.49. The molecular weight excluding hydrogens is 222 g/mol. The van der Waals surface area contributed by atoms with E-state index in [1.54, 1.807) is 0 Å². The average Bonchev–Trinajstić information content (AvgIpc) is 2.71. The van der Waals surface area contributed by atoms with Gasteiger partial charge in [0.2, 0.25) is 0 Å². The second-order valence-electron chi connectivity index (χ2n) is 6.05. The van der Waals surface area contributed by atoms with Gasteiger partial charge in [-0.1, -0.05) is 13.3 Å². The maximum Gasteiger partial charge on any atom is 0.0223 e. The lowest BCUT2D eigenvalue weighted by Gasteiger charge is -2.27. The zero-order valence-corrected chi connectivity index (χ0v) is 12.9. The summed E-state index contributed by atoms with van der Waals surface area (Å²) in [5.74, 6) is 0. The Kier molecular flexibility index (Phi) is 7.87. The third-order valence-electron chi connectivity index (χ3n) is 3.96. The fourth-order valence-electron chi connectivity index (χ4n) is 3.03. The Morgan fingerprint density at radius 1 is 1.33 bits per heavy atom. The molecule has 0 aromatic carbocycles. The molecule has 108 valence electrons. The van der Waals surface area contributed by atoms with Crippen molar-refractivity contribution in [1.29, 1.82) is 0 Å². The predicted octanol–water partition coefficient (Wildman–Crippen LogP) is 2.18. The quantitative estimate of drug-likeness (QED) is 0.637. The molecule has 1 fully saturated rings. The fraction of sp³-hybridized carbons (Fsp3) is 1.00. The number of likely N-dealkylation sites (N-methyl/N-ethyl adjacent to an activating group) is 1. The molecule has 1 N–H and O–H groups in total. The summed E-state index contributed by atoms with van der Waals surface area (Å²) in [6, 6.07) is 1.50. The van der Waals surface area contributed by atoms with Crippen molar-refractivity contribution in [1.82, 2.24) is 15.1 Å². The van der Waals surface area contributed by atoms with Gasteiger partial charge in [-0.2, -0.15) is 0 Å². The smallest absolute Gasteiger partial charge is 0.0223 e. The van der Waals surface area contributed by atoms with Crippen LogP contribution in [-0.4, -0.2) is 62.2 Å². The van der Waals surface area contributed by atoms with Crippen molar-refractivity contribution >= 4 is 0 Å². The van der Waals surface area contributed by atoms with Gasteiger partial charge in [-0.3, -0.25) is 4.90 Å². The summed E-state index contributed by atoms with van der Waals surface area (Å²) in [7, 11) is 4.38. The predicted molar refractivity (Wildman–Crippen MR) is 80.1 cm³/mol. The first-order chi connectivity index (χ1) is 8.63. The Hall–Kier alpha value is -0.120. The first-order valence-corrected chi connectivity index (χ1v) is 7.75. The lowest BCUT2D eigenvalue weighted by molar-refractivity contribution is 0.204. The number of nitrogens with zero attached hydrogens (tertiary/aromatic N) is 2. The van der Waals surface area contributed by atoms with E-state index in [9.17, 15) is 0 Å². The molecule has 0 saturated carbocycles. The van der Waals surface area contributed by atoms with E-state index in [0.717, 1.165) is 12.6 Å². The lowest BCUT2D eigenvalue weighted by Crippen LogP contribution is -2.38. The lowest BCUT2D eigenvalue weighted by atomic mass is 10.1. The molecule has 0 amide bonds. The summed E-state index contributed by atoms with van der Waals surface area (Å²) >= 11 is 0. The van der Waals surface area contributed by atoms with Crippen LogP contribution in [0.2, 0.25) is 0 Å². The van der Waals surface area contributed by atoms with Crippen LogP contribution in [0.1, 0.15) is 46.0 Å². The van der Waals surface area contributed by atoms with E-state index < -0.39 is 0 Å². The van der Waals surface area contributed by atoms with Gasteiger partial charge >= 0.3 is 0 Å². The normalized spacial score (nSPS) is 22.8. The molecule has 0 radical (unpaired) electrons. The Morgan fingerprint density at radius 3 is 2.78 bits per heavy atom. The van der Waals surface area contributed by atoms with Gasteiger partial charge in [0.1, 0.15) is 0 Å². The summed E-state index contributed by atoms with van der Waals surface area (Å²) in [5.41, 5.74) is 0. The third-order valence-corrected chi connectivity index (χ3v) is 3.96. The minimum Gasteiger partial charge on any atom is -0.315 e. The highest BCUT2D eigenvalue weighted by Crippen LogP contribution is 2.18. The van der Waals surface area contributed by atoms with E-state index in [-0.39, 0.29) is 0 Å². The van der Waals surface area contributed by atoms with Crippen molar-refractivity contribution in [3.63, 3.8) is 0 Å². The summed E-state index contributed by atoms with van der Waals surface area (Å²) in [4.78, 5) is 5.04. The molecule has 1 saturated heterocycles. The number of nitrogens with one attached hydrogen (secondary N) is 1. The van der Waals surface area contributed by atoms with Crippen LogP contribution in [0.5, 0.6) is 0 Å². The molecular formula is C15H33N3. The van der Waals surface area contributed by atoms with Crippen molar-refractivity contribution in [2.75, 3.05) is 40.3 Å². The minimum absolute atomic E-state index is 0.686. The van der Waals surface area contributed by atoms with E-state index in [4.69, 9.17) is 0 Å². The number of rotatable bonds is 9. The van der Waals surface area contributed by atoms with Crippen LogP contribution in [0.25, 0.3) is 0 Å². The monoisotopic (exact) mass is 255 g/mol. The van der Waals surface area contributed by atoms with Crippen LogP contribution in [0.15, 0.2) is 0 Å². The van der Waals surface area contributed by atoms with Crippen LogP contribution >= 0.6 is 0 Å². The van der Waals surface area contributed by atoms with Crippen LogP contribution in [0.4, 0.5) is 0 Å². The van der Waals surface area contributed by atoms with Gasteiger partial charge in [0, 0.05) is 18.6 Å². The topological polar surface area (TPSA) is 18.5 Å². The van der Waals surface area contributed by atoms with Crippen LogP contribution in [-0.2, 0) is 0 Å². The third kappa shape index (κ3) is 6.17. The highest BCUT2D eigenvalue weighted by molar-refractivity contribution is 4.80. The first kappa shape index (κ1) is 15.9. The maximum atomic E-state index is 3.49. The van der Waals surface area contributed by atoms with Gasteiger partial charge in [-0.15, -0.1) is 0 Å². The molecule has 0 aromatic heterocycles. The van der Waals surface area contributed by atoms with Gasteiger partial charge in [-0.25, -0.2) is 0 Å². The van der Waals surface area contributed by atoms with Crippen molar-refractivity contribution in [2.45, 2.75) is 58.0 Å². The Morgan fingerprint density at radius 2 is 2.11 bits per heavy atom. The molecule has 18 heavy (non-hydrogen) atoms. The molecule has 0 spiro atoms. The second-order valence-corrected chi connectivity index (χ2v) is 6.05. The SMILES string of the molecule is CCNC(C)CCCCN1CCCC1CN(C)C. The second kappa shape index (κ2) is 8.89. The van der Waals surface area contributed by atoms with E-state index in [2.05, 4.69) is 43.1 Å². The number of unbranched alkanes of at least 4 members (excludes halogenated alkanes) is 1. The summed E-state index contributed by atoms with van der Waals surface area (Å²) in [5, 5.41) is 3.49. The van der Waals surface area contributed by atoms with Crippen LogP contribution in [0.3, 0.4) is 0 Å². The van der Waals surface area contributed by atoms with Crippen LogP contribution in [0, 0.1) is 0 Å². The number of hydrogen-bond acceptors (Lipinski definition) is 3. The van der Waals surface area contributed by atoms with Gasteiger partial charge < -0.3 is 10.2 Å². The molecule has 0 aromatic rings. The van der Waals surface area contributed by atoms with Gasteiger partial charge in [-0.05, 0) is 66.3 Å². The van der Waals surface area contributed by atoms with Gasteiger partial charge in [0.15, 0.2) is 0 Å². The molecule has 0 bridgehead atoms. The molecule has 1 aliphatic rings. The highest BCUT2D eigenvalue weighted by Gasteiger charge is 2.23.